The van der Waals surface area contributed by atoms with E-state index < -0.39 is 18.2 Å². The summed E-state index contributed by atoms with van der Waals surface area (Å²) >= 11 is 0. The predicted molar refractivity (Wildman–Crippen MR) is 90.9 cm³/mol. The number of rotatable bonds is 1. The number of aromatic nitrogens is 2. The van der Waals surface area contributed by atoms with E-state index in [4.69, 9.17) is 5.73 Å². The second-order valence-corrected chi connectivity index (χ2v) is 5.81. The molecule has 1 aliphatic heterocycles. The maximum absolute atomic E-state index is 12.2. The van der Waals surface area contributed by atoms with Gasteiger partial charge in [0.25, 0.3) is 0 Å². The number of aliphatic hydroxyl groups is 1. The Morgan fingerprint density at radius 3 is 3.04 bits per heavy atom. The number of hydrogen-bond donors (Lipinski definition) is 5. The van der Waals surface area contributed by atoms with E-state index in [1.54, 1.807) is 24.4 Å². The lowest BCUT2D eigenvalue weighted by molar-refractivity contribution is -0.118. The van der Waals surface area contributed by atoms with Gasteiger partial charge in [-0.2, -0.15) is 0 Å². The van der Waals surface area contributed by atoms with Crippen LogP contribution in [0.3, 0.4) is 0 Å². The highest BCUT2D eigenvalue weighted by Gasteiger charge is 2.22. The van der Waals surface area contributed by atoms with E-state index in [0.29, 0.717) is 28.5 Å². The first-order valence-corrected chi connectivity index (χ1v) is 7.74. The fourth-order valence-corrected chi connectivity index (χ4v) is 2.69. The quantitative estimate of drug-likeness (QED) is 0.528. The first-order chi connectivity index (χ1) is 12.0. The number of carbonyl (C=O) groups excluding carboxylic acids is 2. The molecule has 2 bridgehead atoms. The number of methoxy groups -OCH3 is 1. The van der Waals surface area contributed by atoms with Gasteiger partial charge in [-0.3, -0.25) is 10.1 Å². The van der Waals surface area contributed by atoms with Crippen molar-refractivity contribution in [1.29, 1.82) is 0 Å². The molecule has 1 unspecified atom stereocenters. The van der Waals surface area contributed by atoms with Gasteiger partial charge in [0.1, 0.15) is 5.82 Å². The highest BCUT2D eigenvalue weighted by atomic mass is 16.5. The standard InChI is InChI=1S/C16H19N5O4/c1-25-16(24)19-8-2-3-10-12(4-8)20-14(23)6-9(22)5-11(17)15-18-7-13(10)21-15/h2-4,7,9,11,22H,5-6,17H2,1H3,(H,18,21)(H,19,24)(H,20,23)/t9?,11-/m0/s1. The predicted octanol–water partition coefficient (Wildman–Crippen LogP) is 1.35. The minimum Gasteiger partial charge on any atom is -0.453 e. The third-order valence-corrected chi connectivity index (χ3v) is 3.91. The molecule has 0 aliphatic carbocycles. The third-order valence-electron chi connectivity index (χ3n) is 3.91. The van der Waals surface area contributed by atoms with Crippen LogP contribution in [0.15, 0.2) is 24.4 Å². The normalized spacial score (nSPS) is 20.0. The molecular weight excluding hydrogens is 326 g/mol. The molecule has 132 valence electrons. The molecule has 2 amide bonds. The molecular formula is C16H19N5O4. The summed E-state index contributed by atoms with van der Waals surface area (Å²) in [5.41, 5.74) is 8.31. The first-order valence-electron chi connectivity index (χ1n) is 7.74. The average molecular weight is 345 g/mol. The van der Waals surface area contributed by atoms with Gasteiger partial charge in [-0.05, 0) is 24.6 Å². The van der Waals surface area contributed by atoms with Gasteiger partial charge in [0.2, 0.25) is 5.91 Å². The smallest absolute Gasteiger partial charge is 0.411 e. The summed E-state index contributed by atoms with van der Waals surface area (Å²) in [6.45, 7) is 0. The van der Waals surface area contributed by atoms with Crippen LogP contribution in [0.4, 0.5) is 16.2 Å². The molecule has 25 heavy (non-hydrogen) atoms. The number of hydrogen-bond acceptors (Lipinski definition) is 6. The Kier molecular flexibility index (Phi) is 4.68. The summed E-state index contributed by atoms with van der Waals surface area (Å²) in [7, 11) is 1.26. The minimum atomic E-state index is -0.888. The molecule has 2 aromatic rings. The lowest BCUT2D eigenvalue weighted by atomic mass is 10.1. The number of nitrogens with one attached hydrogen (secondary N) is 3. The Hall–Kier alpha value is -2.91. The number of fused-ring (bicyclic) bond motifs is 4. The van der Waals surface area contributed by atoms with Gasteiger partial charge in [-0.25, -0.2) is 9.78 Å². The molecule has 9 nitrogen and oxygen atoms in total. The van der Waals surface area contributed by atoms with Crippen LogP contribution in [0.5, 0.6) is 0 Å². The molecule has 0 radical (unpaired) electrons. The van der Waals surface area contributed by atoms with Gasteiger partial charge in [0, 0.05) is 11.3 Å². The summed E-state index contributed by atoms with van der Waals surface area (Å²) in [5.74, 6) is 0.183. The number of anilines is 2. The third kappa shape index (κ3) is 3.78. The van der Waals surface area contributed by atoms with Crippen molar-refractivity contribution < 1.29 is 19.4 Å². The highest BCUT2D eigenvalue weighted by molar-refractivity contribution is 5.97. The summed E-state index contributed by atoms with van der Waals surface area (Å²) < 4.78 is 4.57. The summed E-state index contributed by atoms with van der Waals surface area (Å²) in [6.07, 6.45) is 0.233. The van der Waals surface area contributed by atoms with E-state index in [2.05, 4.69) is 25.3 Å². The van der Waals surface area contributed by atoms with Gasteiger partial charge < -0.3 is 25.9 Å². The molecule has 0 saturated carbocycles. The maximum Gasteiger partial charge on any atom is 0.411 e. The minimum absolute atomic E-state index is 0.0892. The molecule has 0 saturated heterocycles. The zero-order chi connectivity index (χ0) is 18.0. The van der Waals surface area contributed by atoms with E-state index in [1.807, 2.05) is 0 Å². The van der Waals surface area contributed by atoms with Gasteiger partial charge >= 0.3 is 6.09 Å². The van der Waals surface area contributed by atoms with E-state index in [0.717, 1.165) is 0 Å². The summed E-state index contributed by atoms with van der Waals surface area (Å²) in [4.78, 5) is 30.9. The van der Waals surface area contributed by atoms with Crippen LogP contribution >= 0.6 is 0 Å². The van der Waals surface area contributed by atoms with Crippen molar-refractivity contribution >= 4 is 23.4 Å². The SMILES string of the molecule is COC(=O)Nc1ccc2c(c1)NC(=O)CC(O)C[C@H](N)c1ncc-2[nH]1. The van der Waals surface area contributed by atoms with Gasteiger partial charge in [0.15, 0.2) is 0 Å². The van der Waals surface area contributed by atoms with Crippen molar-refractivity contribution in [2.45, 2.75) is 25.0 Å². The van der Waals surface area contributed by atoms with Crippen molar-refractivity contribution in [2.24, 2.45) is 5.73 Å². The molecule has 2 heterocycles. The van der Waals surface area contributed by atoms with E-state index >= 15 is 0 Å². The molecule has 0 spiro atoms. The Bertz CT molecular complexity index is 804. The zero-order valence-corrected chi connectivity index (χ0v) is 13.6. The van der Waals surface area contributed by atoms with Crippen LogP contribution in [0, 0.1) is 0 Å². The molecule has 3 rings (SSSR count). The number of H-pyrrole nitrogens is 1. The Labute approximate surface area is 143 Å². The number of carbonyl (C=O) groups is 2. The number of amides is 2. The highest BCUT2D eigenvalue weighted by Crippen LogP contribution is 2.31. The monoisotopic (exact) mass is 345 g/mol. The molecule has 1 aromatic heterocycles. The zero-order valence-electron chi connectivity index (χ0n) is 13.6. The van der Waals surface area contributed by atoms with Gasteiger partial charge in [0.05, 0.1) is 43.3 Å². The number of benzene rings is 1. The van der Waals surface area contributed by atoms with Crippen LogP contribution < -0.4 is 16.4 Å². The van der Waals surface area contributed by atoms with Gasteiger partial charge in [-0.1, -0.05) is 0 Å². The van der Waals surface area contributed by atoms with Crippen LogP contribution in [0.1, 0.15) is 24.7 Å². The number of ether oxygens (including phenoxy) is 1. The van der Waals surface area contributed by atoms with Crippen molar-refractivity contribution in [3.63, 3.8) is 0 Å². The number of imidazole rings is 1. The van der Waals surface area contributed by atoms with Crippen molar-refractivity contribution in [2.75, 3.05) is 17.7 Å². The van der Waals surface area contributed by atoms with Crippen LogP contribution in [-0.4, -0.2) is 40.3 Å². The largest absolute Gasteiger partial charge is 0.453 e. The number of aromatic amines is 1. The fourth-order valence-electron chi connectivity index (χ4n) is 2.69. The van der Waals surface area contributed by atoms with Crippen molar-refractivity contribution in [1.82, 2.24) is 9.97 Å². The second-order valence-electron chi connectivity index (χ2n) is 5.81. The average Bonchev–Trinajstić information content (AvgIpc) is 3.03. The maximum atomic E-state index is 12.2. The van der Waals surface area contributed by atoms with Gasteiger partial charge in [-0.15, -0.1) is 0 Å². The topological polar surface area (TPSA) is 142 Å². The van der Waals surface area contributed by atoms with E-state index in [1.165, 1.54) is 7.11 Å². The fraction of sp³-hybridized carbons (Fsp3) is 0.312. The summed E-state index contributed by atoms with van der Waals surface area (Å²) in [6, 6.07) is 4.52. The van der Waals surface area contributed by atoms with Crippen LogP contribution in [-0.2, 0) is 9.53 Å². The number of nitrogens with two attached hydrogens (primary N) is 1. The lowest BCUT2D eigenvalue weighted by Gasteiger charge is -2.15. The first kappa shape index (κ1) is 16.9. The molecule has 1 aliphatic rings. The Morgan fingerprint density at radius 2 is 2.28 bits per heavy atom. The molecule has 6 N–H and O–H groups in total. The molecule has 1 aromatic carbocycles. The molecule has 9 heteroatoms. The second kappa shape index (κ2) is 6.91. The Balaban J connectivity index is 2.02. The van der Waals surface area contributed by atoms with Crippen molar-refractivity contribution in [3.05, 3.63) is 30.2 Å². The molecule has 2 atom stereocenters. The van der Waals surface area contributed by atoms with Crippen LogP contribution in [0.25, 0.3) is 11.3 Å². The molecule has 0 fully saturated rings. The van der Waals surface area contributed by atoms with Crippen molar-refractivity contribution in [3.8, 4) is 11.3 Å². The van der Waals surface area contributed by atoms with Crippen LogP contribution in [0.2, 0.25) is 0 Å². The number of aliphatic hydroxyl groups excluding tert-OH is 1. The Morgan fingerprint density at radius 1 is 1.48 bits per heavy atom. The number of nitrogens with zero attached hydrogens (tertiary/aromatic N) is 1. The van der Waals surface area contributed by atoms with E-state index in [-0.39, 0.29) is 18.7 Å². The van der Waals surface area contributed by atoms with E-state index in [9.17, 15) is 14.7 Å². The summed E-state index contributed by atoms with van der Waals surface area (Å²) in [5, 5.41) is 15.3. The lowest BCUT2D eigenvalue weighted by Crippen LogP contribution is -2.24.